The molecule has 16 heavy (non-hydrogen) atoms. The average Bonchev–Trinajstić information content (AvgIpc) is 2.27. The summed E-state index contributed by atoms with van der Waals surface area (Å²) in [6.45, 7) is 1.98. The van der Waals surface area contributed by atoms with E-state index in [1.807, 2.05) is 31.2 Å². The minimum absolute atomic E-state index is 0.663. The van der Waals surface area contributed by atoms with Crippen LogP contribution in [0.4, 0.5) is 5.69 Å². The number of rotatable bonds is 2. The molecule has 0 fully saturated rings. The van der Waals surface area contributed by atoms with Crippen molar-refractivity contribution in [3.05, 3.63) is 53.1 Å². The second-order valence-corrected chi connectivity index (χ2v) is 4.02. The molecule has 82 valence electrons. The van der Waals surface area contributed by atoms with Crippen LogP contribution in [0.5, 0.6) is 11.5 Å². The molecule has 0 aliphatic heterocycles. The number of hydrogen-bond donors (Lipinski definition) is 1. The topological polar surface area (TPSA) is 35.2 Å². The molecule has 0 saturated heterocycles. The van der Waals surface area contributed by atoms with Gasteiger partial charge >= 0.3 is 0 Å². The van der Waals surface area contributed by atoms with E-state index < -0.39 is 0 Å². The Morgan fingerprint density at radius 1 is 1.06 bits per heavy atom. The molecule has 0 unspecified atom stereocenters. The van der Waals surface area contributed by atoms with Crippen LogP contribution in [-0.4, -0.2) is 0 Å². The van der Waals surface area contributed by atoms with Gasteiger partial charge < -0.3 is 10.5 Å². The summed E-state index contributed by atoms with van der Waals surface area (Å²) in [5, 5.41) is 0.663. The van der Waals surface area contributed by atoms with Crippen molar-refractivity contribution in [1.29, 1.82) is 0 Å². The van der Waals surface area contributed by atoms with Crippen molar-refractivity contribution in [2.75, 3.05) is 5.73 Å². The van der Waals surface area contributed by atoms with E-state index in [-0.39, 0.29) is 0 Å². The van der Waals surface area contributed by atoms with Crippen molar-refractivity contribution in [2.45, 2.75) is 6.92 Å². The van der Waals surface area contributed by atoms with Crippen LogP contribution in [0.15, 0.2) is 42.5 Å². The molecule has 2 rings (SSSR count). The van der Waals surface area contributed by atoms with E-state index in [1.165, 1.54) is 0 Å². The van der Waals surface area contributed by atoms with E-state index in [2.05, 4.69) is 0 Å². The van der Waals surface area contributed by atoms with Gasteiger partial charge in [-0.3, -0.25) is 0 Å². The molecule has 0 aliphatic carbocycles. The van der Waals surface area contributed by atoms with E-state index in [9.17, 15) is 0 Å². The Labute approximate surface area is 99.6 Å². The number of hydrogen-bond acceptors (Lipinski definition) is 2. The van der Waals surface area contributed by atoms with Crippen LogP contribution in [0.1, 0.15) is 5.56 Å². The van der Waals surface area contributed by atoms with E-state index in [4.69, 9.17) is 22.1 Å². The average molecular weight is 234 g/mol. The molecule has 0 aromatic heterocycles. The van der Waals surface area contributed by atoms with Crippen molar-refractivity contribution in [3.63, 3.8) is 0 Å². The fourth-order valence-electron chi connectivity index (χ4n) is 1.35. The van der Waals surface area contributed by atoms with Crippen LogP contribution in [0, 0.1) is 6.92 Å². The highest BCUT2D eigenvalue weighted by atomic mass is 35.5. The van der Waals surface area contributed by atoms with Crippen LogP contribution in [-0.2, 0) is 0 Å². The van der Waals surface area contributed by atoms with Crippen molar-refractivity contribution in [2.24, 2.45) is 0 Å². The Morgan fingerprint density at radius 3 is 2.44 bits per heavy atom. The summed E-state index contributed by atoms with van der Waals surface area (Å²) in [6.07, 6.45) is 0. The standard InChI is InChI=1S/C13H12ClNO/c1-9-2-3-10(14)8-13(9)16-12-6-4-11(15)5-7-12/h2-8H,15H2,1H3. The molecule has 0 heterocycles. The van der Waals surface area contributed by atoms with Gasteiger partial charge in [0, 0.05) is 10.7 Å². The van der Waals surface area contributed by atoms with Crippen LogP contribution >= 0.6 is 11.6 Å². The second-order valence-electron chi connectivity index (χ2n) is 3.58. The molecule has 3 heteroatoms. The first-order valence-corrected chi connectivity index (χ1v) is 5.32. The maximum absolute atomic E-state index is 5.91. The highest BCUT2D eigenvalue weighted by Crippen LogP contribution is 2.28. The van der Waals surface area contributed by atoms with Gasteiger partial charge in [0.25, 0.3) is 0 Å². The first-order chi connectivity index (χ1) is 7.65. The first-order valence-electron chi connectivity index (χ1n) is 4.95. The number of nitrogen functional groups attached to an aromatic ring is 1. The highest BCUT2D eigenvalue weighted by Gasteiger charge is 2.02. The Kier molecular flexibility index (Phi) is 3.02. The van der Waals surface area contributed by atoms with Gasteiger partial charge in [0.1, 0.15) is 11.5 Å². The van der Waals surface area contributed by atoms with Gasteiger partial charge in [-0.2, -0.15) is 0 Å². The lowest BCUT2D eigenvalue weighted by Crippen LogP contribution is -1.88. The van der Waals surface area contributed by atoms with E-state index in [0.29, 0.717) is 5.02 Å². The third-order valence-corrected chi connectivity index (χ3v) is 2.49. The number of anilines is 1. The minimum atomic E-state index is 0.663. The number of halogens is 1. The molecule has 0 amide bonds. The second kappa shape index (κ2) is 4.45. The molecule has 0 radical (unpaired) electrons. The van der Waals surface area contributed by atoms with Gasteiger partial charge in [-0.1, -0.05) is 17.7 Å². The molecule has 0 atom stereocenters. The summed E-state index contributed by atoms with van der Waals surface area (Å²) < 4.78 is 5.70. The molecule has 0 aliphatic rings. The Balaban J connectivity index is 2.26. The SMILES string of the molecule is Cc1ccc(Cl)cc1Oc1ccc(N)cc1. The van der Waals surface area contributed by atoms with E-state index >= 15 is 0 Å². The quantitative estimate of drug-likeness (QED) is 0.795. The maximum atomic E-state index is 5.91. The molecule has 0 spiro atoms. The number of ether oxygens (including phenoxy) is 1. The van der Waals surface area contributed by atoms with Gasteiger partial charge in [-0.05, 0) is 48.9 Å². The normalized spacial score (nSPS) is 10.1. The third-order valence-electron chi connectivity index (χ3n) is 2.26. The molecule has 2 N–H and O–H groups in total. The molecule has 2 nitrogen and oxygen atoms in total. The van der Waals surface area contributed by atoms with Crippen LogP contribution in [0.3, 0.4) is 0 Å². The molecular formula is C13H12ClNO. The van der Waals surface area contributed by atoms with Gasteiger partial charge in [0.15, 0.2) is 0 Å². The Hall–Kier alpha value is -1.67. The van der Waals surface area contributed by atoms with Crippen molar-refractivity contribution in [1.82, 2.24) is 0 Å². The molecule has 0 bridgehead atoms. The summed E-state index contributed by atoms with van der Waals surface area (Å²) in [5.41, 5.74) is 7.36. The number of aryl methyl sites for hydroxylation is 1. The lowest BCUT2D eigenvalue weighted by Gasteiger charge is -2.09. The van der Waals surface area contributed by atoms with Crippen LogP contribution < -0.4 is 10.5 Å². The van der Waals surface area contributed by atoms with Crippen LogP contribution in [0.25, 0.3) is 0 Å². The van der Waals surface area contributed by atoms with Crippen molar-refractivity contribution in [3.8, 4) is 11.5 Å². The Morgan fingerprint density at radius 2 is 1.75 bits per heavy atom. The summed E-state index contributed by atoms with van der Waals surface area (Å²) in [6, 6.07) is 12.8. The predicted molar refractivity (Wildman–Crippen MR) is 67.1 cm³/mol. The smallest absolute Gasteiger partial charge is 0.131 e. The van der Waals surface area contributed by atoms with Crippen molar-refractivity contribution >= 4 is 17.3 Å². The maximum Gasteiger partial charge on any atom is 0.131 e. The Bertz CT molecular complexity index is 494. The number of nitrogens with two attached hydrogens (primary N) is 1. The molecular weight excluding hydrogens is 222 g/mol. The minimum Gasteiger partial charge on any atom is -0.457 e. The largest absolute Gasteiger partial charge is 0.457 e. The van der Waals surface area contributed by atoms with Gasteiger partial charge in [-0.25, -0.2) is 0 Å². The monoisotopic (exact) mass is 233 g/mol. The highest BCUT2D eigenvalue weighted by molar-refractivity contribution is 6.30. The zero-order valence-electron chi connectivity index (χ0n) is 8.91. The first kappa shape index (κ1) is 10.8. The molecule has 2 aromatic carbocycles. The summed E-state index contributed by atoms with van der Waals surface area (Å²) >= 11 is 5.91. The zero-order valence-corrected chi connectivity index (χ0v) is 9.66. The fourth-order valence-corrected chi connectivity index (χ4v) is 1.51. The molecule has 0 saturated carbocycles. The van der Waals surface area contributed by atoms with E-state index in [0.717, 1.165) is 22.7 Å². The van der Waals surface area contributed by atoms with Gasteiger partial charge in [-0.15, -0.1) is 0 Å². The third kappa shape index (κ3) is 2.47. The lowest BCUT2D eigenvalue weighted by atomic mass is 10.2. The van der Waals surface area contributed by atoms with E-state index in [1.54, 1.807) is 18.2 Å². The summed E-state index contributed by atoms with van der Waals surface area (Å²) in [5.74, 6) is 1.51. The van der Waals surface area contributed by atoms with Crippen molar-refractivity contribution < 1.29 is 4.74 Å². The van der Waals surface area contributed by atoms with Gasteiger partial charge in [0.05, 0.1) is 0 Å². The predicted octanol–water partition coefficient (Wildman–Crippen LogP) is 4.02. The number of benzene rings is 2. The summed E-state index contributed by atoms with van der Waals surface area (Å²) in [7, 11) is 0. The van der Waals surface area contributed by atoms with Gasteiger partial charge in [0.2, 0.25) is 0 Å². The lowest BCUT2D eigenvalue weighted by molar-refractivity contribution is 0.479. The fraction of sp³-hybridized carbons (Fsp3) is 0.0769. The zero-order chi connectivity index (χ0) is 11.5. The molecule has 2 aromatic rings. The summed E-state index contributed by atoms with van der Waals surface area (Å²) in [4.78, 5) is 0. The van der Waals surface area contributed by atoms with Crippen LogP contribution in [0.2, 0.25) is 5.02 Å².